The van der Waals surface area contributed by atoms with Crippen LogP contribution in [0.4, 0.5) is 16.2 Å². The zero-order valence-corrected chi connectivity index (χ0v) is 19.4. The number of hydrogen-bond donors (Lipinski definition) is 2. The van der Waals surface area contributed by atoms with Crippen LogP contribution >= 0.6 is 0 Å². The zero-order chi connectivity index (χ0) is 23.7. The number of rotatable bonds is 5. The van der Waals surface area contributed by atoms with Crippen LogP contribution in [0.1, 0.15) is 17.5 Å². The van der Waals surface area contributed by atoms with Crippen molar-refractivity contribution in [1.29, 1.82) is 0 Å². The third-order valence-electron chi connectivity index (χ3n) is 5.71. The predicted molar refractivity (Wildman–Crippen MR) is 132 cm³/mol. The average molecular weight is 477 g/mol. The van der Waals surface area contributed by atoms with Crippen molar-refractivity contribution in [3.05, 3.63) is 77.9 Å². The van der Waals surface area contributed by atoms with E-state index in [4.69, 9.17) is 4.42 Å². The van der Waals surface area contributed by atoms with Gasteiger partial charge in [0.05, 0.1) is 11.4 Å². The number of hydrogen-bond acceptors (Lipinski definition) is 5. The molecule has 34 heavy (non-hydrogen) atoms. The number of carbonyl (C=O) groups excluding carboxylic acids is 1. The lowest BCUT2D eigenvalue weighted by molar-refractivity contribution is 0.251. The van der Waals surface area contributed by atoms with Crippen molar-refractivity contribution in [2.45, 2.75) is 19.9 Å². The van der Waals surface area contributed by atoms with Gasteiger partial charge in [0.1, 0.15) is 5.52 Å². The number of fused-ring (bicyclic) bond motifs is 1. The number of nitrogens with zero attached hydrogens (tertiary/aromatic N) is 2. The number of aryl methyl sites for hydroxylation is 1. The first-order valence-electron chi connectivity index (χ1n) is 11.0. The Labute approximate surface area is 197 Å². The largest absolute Gasteiger partial charge is 0.436 e. The third-order valence-corrected chi connectivity index (χ3v) is 7.58. The van der Waals surface area contributed by atoms with E-state index >= 15 is 0 Å². The molecule has 1 aliphatic rings. The summed E-state index contributed by atoms with van der Waals surface area (Å²) in [6, 6.07) is 20.0. The Bertz CT molecular complexity index is 1440. The molecule has 0 atom stereocenters. The maximum absolute atomic E-state index is 12.3. The maximum atomic E-state index is 12.3. The van der Waals surface area contributed by atoms with Gasteiger partial charge in [-0.15, -0.1) is 0 Å². The van der Waals surface area contributed by atoms with Gasteiger partial charge in [0.2, 0.25) is 15.9 Å². The van der Waals surface area contributed by atoms with E-state index in [1.165, 1.54) is 4.31 Å². The number of anilines is 2. The lowest BCUT2D eigenvalue weighted by Gasteiger charge is -2.17. The Morgan fingerprint density at radius 1 is 1.06 bits per heavy atom. The van der Waals surface area contributed by atoms with Gasteiger partial charge in [-0.25, -0.2) is 18.2 Å². The zero-order valence-electron chi connectivity index (χ0n) is 18.6. The van der Waals surface area contributed by atoms with Gasteiger partial charge >= 0.3 is 6.03 Å². The molecule has 0 unspecified atom stereocenters. The van der Waals surface area contributed by atoms with Crippen LogP contribution in [0.3, 0.4) is 0 Å². The fraction of sp³-hybridized carbons (Fsp3) is 0.200. The number of aromatic nitrogens is 1. The first-order valence-corrected chi connectivity index (χ1v) is 12.6. The molecule has 1 aliphatic heterocycles. The molecule has 2 amide bonds. The molecule has 5 rings (SSSR count). The Morgan fingerprint density at radius 3 is 2.53 bits per heavy atom. The molecule has 174 valence electrons. The average Bonchev–Trinajstić information content (AvgIpc) is 3.40. The highest BCUT2D eigenvalue weighted by Gasteiger charge is 2.28. The maximum Gasteiger partial charge on any atom is 0.319 e. The van der Waals surface area contributed by atoms with Crippen LogP contribution in [0.2, 0.25) is 0 Å². The summed E-state index contributed by atoms with van der Waals surface area (Å²) in [6.45, 7) is 2.84. The summed E-state index contributed by atoms with van der Waals surface area (Å²) in [5, 5.41) is 5.61. The summed E-state index contributed by atoms with van der Waals surface area (Å²) in [6.07, 6.45) is 0.640. The van der Waals surface area contributed by atoms with Crippen molar-refractivity contribution in [3.63, 3.8) is 0 Å². The molecular formula is C25H24N4O4S. The molecule has 1 saturated heterocycles. The minimum Gasteiger partial charge on any atom is -0.436 e. The molecule has 0 saturated carbocycles. The van der Waals surface area contributed by atoms with E-state index in [0.717, 1.165) is 27.8 Å². The van der Waals surface area contributed by atoms with Crippen LogP contribution in [-0.4, -0.2) is 31.7 Å². The van der Waals surface area contributed by atoms with Crippen molar-refractivity contribution in [2.75, 3.05) is 21.9 Å². The summed E-state index contributed by atoms with van der Waals surface area (Å²) in [5.74, 6) is 0.716. The van der Waals surface area contributed by atoms with Crippen LogP contribution < -0.4 is 14.9 Å². The highest BCUT2D eigenvalue weighted by atomic mass is 32.2. The molecule has 3 aromatic carbocycles. The Hall–Kier alpha value is -3.85. The van der Waals surface area contributed by atoms with Gasteiger partial charge in [-0.1, -0.05) is 18.2 Å². The van der Waals surface area contributed by atoms with Gasteiger partial charge in [-0.05, 0) is 73.0 Å². The molecule has 1 aromatic heterocycles. The molecule has 0 spiro atoms. The predicted octanol–water partition coefficient (Wildman–Crippen LogP) is 4.66. The lowest BCUT2D eigenvalue weighted by atomic mass is 10.2. The van der Waals surface area contributed by atoms with Crippen molar-refractivity contribution in [2.24, 2.45) is 0 Å². The quantitative estimate of drug-likeness (QED) is 0.436. The number of urea groups is 1. The lowest BCUT2D eigenvalue weighted by Crippen LogP contribution is -2.28. The molecule has 4 aromatic rings. The first-order chi connectivity index (χ1) is 16.4. The van der Waals surface area contributed by atoms with Crippen LogP contribution in [-0.2, 0) is 16.6 Å². The van der Waals surface area contributed by atoms with Crippen molar-refractivity contribution >= 4 is 38.5 Å². The third kappa shape index (κ3) is 4.60. The van der Waals surface area contributed by atoms with Gasteiger partial charge in [-0.3, -0.25) is 4.31 Å². The summed E-state index contributed by atoms with van der Waals surface area (Å²) >= 11 is 0. The number of carbonyl (C=O) groups is 1. The number of sulfonamides is 1. The molecule has 1 fully saturated rings. The molecular weight excluding hydrogens is 452 g/mol. The van der Waals surface area contributed by atoms with Gasteiger partial charge < -0.3 is 15.1 Å². The minimum absolute atomic E-state index is 0.186. The number of oxazole rings is 1. The number of nitrogens with one attached hydrogen (secondary N) is 2. The molecule has 0 bridgehead atoms. The van der Waals surface area contributed by atoms with E-state index in [2.05, 4.69) is 15.6 Å². The number of benzene rings is 3. The van der Waals surface area contributed by atoms with Crippen LogP contribution in [0.15, 0.2) is 71.1 Å². The van der Waals surface area contributed by atoms with E-state index < -0.39 is 10.0 Å². The van der Waals surface area contributed by atoms with E-state index in [1.807, 2.05) is 49.4 Å². The fourth-order valence-electron chi connectivity index (χ4n) is 3.92. The molecule has 9 heteroatoms. The molecule has 0 aliphatic carbocycles. The SMILES string of the molecule is Cc1ccc2oc(-c3ccc(NC(=O)NCc4ccc(N5CCCS5(=O)=O)cc4)cc3)nc2c1. The van der Waals surface area contributed by atoms with Gasteiger partial charge in [-0.2, -0.15) is 0 Å². The summed E-state index contributed by atoms with van der Waals surface area (Å²) in [4.78, 5) is 16.8. The van der Waals surface area contributed by atoms with Crippen LogP contribution in [0.5, 0.6) is 0 Å². The highest BCUT2D eigenvalue weighted by molar-refractivity contribution is 7.93. The van der Waals surface area contributed by atoms with Crippen molar-refractivity contribution < 1.29 is 17.6 Å². The molecule has 2 N–H and O–H groups in total. The Balaban J connectivity index is 1.17. The van der Waals surface area contributed by atoms with Crippen molar-refractivity contribution in [3.8, 4) is 11.5 Å². The normalized spacial score (nSPS) is 14.9. The molecule has 8 nitrogen and oxygen atoms in total. The van der Waals surface area contributed by atoms with E-state index in [-0.39, 0.29) is 11.8 Å². The Morgan fingerprint density at radius 2 is 1.82 bits per heavy atom. The molecule has 2 heterocycles. The highest BCUT2D eigenvalue weighted by Crippen LogP contribution is 2.26. The standard InChI is InChI=1S/C25H24N4O4S/c1-17-3-12-23-22(15-17)28-24(33-23)19-6-8-20(9-7-19)27-25(30)26-16-18-4-10-21(11-5-18)29-13-2-14-34(29,31)32/h3-12,15H,2,13-14,16H2,1H3,(H2,26,27,30). The summed E-state index contributed by atoms with van der Waals surface area (Å²) in [7, 11) is -3.20. The van der Waals surface area contributed by atoms with E-state index in [1.54, 1.807) is 24.3 Å². The van der Waals surface area contributed by atoms with E-state index in [9.17, 15) is 13.2 Å². The second-order valence-electron chi connectivity index (χ2n) is 8.28. The smallest absolute Gasteiger partial charge is 0.319 e. The fourth-order valence-corrected chi connectivity index (χ4v) is 5.49. The minimum atomic E-state index is -3.20. The van der Waals surface area contributed by atoms with Gasteiger partial charge in [0.15, 0.2) is 5.58 Å². The van der Waals surface area contributed by atoms with Crippen LogP contribution in [0, 0.1) is 6.92 Å². The monoisotopic (exact) mass is 476 g/mol. The summed E-state index contributed by atoms with van der Waals surface area (Å²) in [5.41, 5.74) is 5.65. The Kier molecular flexibility index (Phi) is 5.70. The first kappa shape index (κ1) is 22.0. The second-order valence-corrected chi connectivity index (χ2v) is 10.3. The topological polar surface area (TPSA) is 105 Å². The van der Waals surface area contributed by atoms with E-state index in [0.29, 0.717) is 36.8 Å². The van der Waals surface area contributed by atoms with Crippen molar-refractivity contribution in [1.82, 2.24) is 10.3 Å². The van der Waals surface area contributed by atoms with Gasteiger partial charge in [0, 0.05) is 24.3 Å². The number of amides is 2. The second kappa shape index (κ2) is 8.83. The summed E-state index contributed by atoms with van der Waals surface area (Å²) < 4.78 is 31.3. The van der Waals surface area contributed by atoms with Gasteiger partial charge in [0.25, 0.3) is 0 Å². The van der Waals surface area contributed by atoms with Crippen LogP contribution in [0.25, 0.3) is 22.6 Å². The molecule has 0 radical (unpaired) electrons.